The van der Waals surface area contributed by atoms with E-state index in [0.717, 1.165) is 12.1 Å². The third-order valence-electron chi connectivity index (χ3n) is 1.88. The van der Waals surface area contributed by atoms with Crippen molar-refractivity contribution in [3.8, 4) is 0 Å². The molecule has 70 valence electrons. The summed E-state index contributed by atoms with van der Waals surface area (Å²) >= 11 is 0. The van der Waals surface area contributed by atoms with E-state index in [0.29, 0.717) is 12.0 Å². The van der Waals surface area contributed by atoms with Crippen LogP contribution in [0.15, 0.2) is 24.9 Å². The van der Waals surface area contributed by atoms with Crippen molar-refractivity contribution >= 4 is 0 Å². The predicted octanol–water partition coefficient (Wildman–Crippen LogP) is 2.30. The predicted molar refractivity (Wildman–Crippen MR) is 54.3 cm³/mol. The highest BCUT2D eigenvalue weighted by Gasteiger charge is 2.08. The molecule has 0 aromatic rings. The summed E-state index contributed by atoms with van der Waals surface area (Å²) in [6.07, 6.45) is 2.80. The van der Waals surface area contributed by atoms with Gasteiger partial charge in [-0.25, -0.2) is 5.84 Å². The normalized spacial score (nSPS) is 12.8. The SMILES string of the molecule is C=C[C@H](C)CC(=C)N(N)C(C)C. The zero-order chi connectivity index (χ0) is 9.72. The average molecular weight is 168 g/mol. The van der Waals surface area contributed by atoms with Crippen LogP contribution in [0, 0.1) is 5.92 Å². The molecule has 0 aromatic heterocycles. The number of hydrazine groups is 1. The molecule has 0 rings (SSSR count). The molecule has 0 amide bonds. The summed E-state index contributed by atoms with van der Waals surface area (Å²) in [6, 6.07) is 0.314. The molecule has 2 nitrogen and oxygen atoms in total. The van der Waals surface area contributed by atoms with Crippen LogP contribution in [0.2, 0.25) is 0 Å². The number of nitrogens with two attached hydrogens (primary N) is 1. The first-order valence-electron chi connectivity index (χ1n) is 4.33. The second-order valence-corrected chi connectivity index (χ2v) is 3.48. The van der Waals surface area contributed by atoms with E-state index in [4.69, 9.17) is 5.84 Å². The van der Waals surface area contributed by atoms with Crippen LogP contribution >= 0.6 is 0 Å². The van der Waals surface area contributed by atoms with Gasteiger partial charge in [-0.1, -0.05) is 19.6 Å². The molecular formula is C10H20N2. The number of hydrogen-bond donors (Lipinski definition) is 1. The second kappa shape index (κ2) is 4.99. The fourth-order valence-electron chi connectivity index (χ4n) is 0.926. The molecule has 1 atom stereocenters. The first-order valence-corrected chi connectivity index (χ1v) is 4.33. The lowest BCUT2D eigenvalue weighted by Gasteiger charge is -2.26. The molecule has 0 bridgehead atoms. The maximum atomic E-state index is 5.76. The lowest BCUT2D eigenvalue weighted by molar-refractivity contribution is 0.279. The first kappa shape index (κ1) is 11.2. The Kier molecular flexibility index (Phi) is 4.67. The lowest BCUT2D eigenvalue weighted by atomic mass is 10.1. The van der Waals surface area contributed by atoms with Gasteiger partial charge in [-0.3, -0.25) is 0 Å². The van der Waals surface area contributed by atoms with E-state index in [1.807, 2.05) is 19.9 Å². The van der Waals surface area contributed by atoms with Crippen molar-refractivity contribution in [2.24, 2.45) is 11.8 Å². The van der Waals surface area contributed by atoms with Gasteiger partial charge in [-0.05, 0) is 26.2 Å². The van der Waals surface area contributed by atoms with Crippen LogP contribution in [0.4, 0.5) is 0 Å². The Morgan fingerprint density at radius 2 is 2.00 bits per heavy atom. The Labute approximate surface area is 75.7 Å². The Bertz CT molecular complexity index is 161. The molecule has 0 saturated carbocycles. The highest BCUT2D eigenvalue weighted by atomic mass is 15.4. The molecule has 0 fully saturated rings. The third-order valence-corrected chi connectivity index (χ3v) is 1.88. The maximum absolute atomic E-state index is 5.76. The second-order valence-electron chi connectivity index (χ2n) is 3.48. The fraction of sp³-hybridized carbons (Fsp3) is 0.600. The summed E-state index contributed by atoms with van der Waals surface area (Å²) < 4.78 is 0. The minimum Gasteiger partial charge on any atom is -0.313 e. The van der Waals surface area contributed by atoms with E-state index >= 15 is 0 Å². The molecule has 0 heterocycles. The summed E-state index contributed by atoms with van der Waals surface area (Å²) in [4.78, 5) is 0. The highest BCUT2D eigenvalue weighted by molar-refractivity contribution is 4.97. The average Bonchev–Trinajstić information content (AvgIpc) is 2.02. The minimum atomic E-state index is 0.314. The number of allylic oxidation sites excluding steroid dienone is 2. The van der Waals surface area contributed by atoms with Crippen molar-refractivity contribution < 1.29 is 0 Å². The van der Waals surface area contributed by atoms with Crippen LogP contribution in [-0.4, -0.2) is 11.1 Å². The van der Waals surface area contributed by atoms with E-state index in [1.165, 1.54) is 0 Å². The molecule has 0 saturated heterocycles. The third kappa shape index (κ3) is 3.58. The Morgan fingerprint density at radius 3 is 2.33 bits per heavy atom. The van der Waals surface area contributed by atoms with Crippen LogP contribution in [0.3, 0.4) is 0 Å². The van der Waals surface area contributed by atoms with Crippen LogP contribution in [0.5, 0.6) is 0 Å². The summed E-state index contributed by atoms with van der Waals surface area (Å²) in [5.41, 5.74) is 0.970. The summed E-state index contributed by atoms with van der Waals surface area (Å²) in [6.45, 7) is 13.8. The highest BCUT2D eigenvalue weighted by Crippen LogP contribution is 2.13. The molecular weight excluding hydrogens is 148 g/mol. The van der Waals surface area contributed by atoms with Gasteiger partial charge in [-0.2, -0.15) is 0 Å². The standard InChI is InChI=1S/C10H20N2/c1-6-9(4)7-10(5)12(11)8(2)3/h6,8-9H,1,5,7,11H2,2-4H3/t9-/m0/s1. The van der Waals surface area contributed by atoms with Gasteiger partial charge in [-0.15, -0.1) is 6.58 Å². The van der Waals surface area contributed by atoms with E-state index in [2.05, 4.69) is 20.1 Å². The Morgan fingerprint density at radius 1 is 1.50 bits per heavy atom. The van der Waals surface area contributed by atoms with Crippen molar-refractivity contribution in [2.45, 2.75) is 33.2 Å². The molecule has 0 aliphatic carbocycles. The molecule has 0 unspecified atom stereocenters. The van der Waals surface area contributed by atoms with Crippen molar-refractivity contribution in [3.05, 3.63) is 24.9 Å². The molecule has 0 radical (unpaired) electrons. The van der Waals surface area contributed by atoms with Gasteiger partial charge in [0, 0.05) is 11.7 Å². The summed E-state index contributed by atoms with van der Waals surface area (Å²) in [5, 5.41) is 1.71. The zero-order valence-electron chi connectivity index (χ0n) is 8.38. The monoisotopic (exact) mass is 168 g/mol. The fourth-order valence-corrected chi connectivity index (χ4v) is 0.926. The van der Waals surface area contributed by atoms with Gasteiger partial charge in [0.25, 0.3) is 0 Å². The van der Waals surface area contributed by atoms with Crippen LogP contribution in [0.25, 0.3) is 0 Å². The molecule has 0 aliphatic heterocycles. The summed E-state index contributed by atoms with van der Waals surface area (Å²) in [5.74, 6) is 6.21. The molecule has 0 aromatic carbocycles. The quantitative estimate of drug-likeness (QED) is 0.388. The minimum absolute atomic E-state index is 0.314. The molecule has 0 aliphatic rings. The molecule has 12 heavy (non-hydrogen) atoms. The summed E-state index contributed by atoms with van der Waals surface area (Å²) in [7, 11) is 0. The van der Waals surface area contributed by atoms with Crippen LogP contribution in [-0.2, 0) is 0 Å². The van der Waals surface area contributed by atoms with E-state index in [-0.39, 0.29) is 0 Å². The van der Waals surface area contributed by atoms with Crippen molar-refractivity contribution in [2.75, 3.05) is 0 Å². The topological polar surface area (TPSA) is 29.3 Å². The lowest BCUT2D eigenvalue weighted by Crippen LogP contribution is -2.36. The van der Waals surface area contributed by atoms with Gasteiger partial charge >= 0.3 is 0 Å². The van der Waals surface area contributed by atoms with Crippen molar-refractivity contribution in [1.29, 1.82) is 0 Å². The maximum Gasteiger partial charge on any atom is 0.0392 e. The van der Waals surface area contributed by atoms with Gasteiger partial charge in [0.2, 0.25) is 0 Å². The van der Waals surface area contributed by atoms with Crippen LogP contribution < -0.4 is 5.84 Å². The zero-order valence-corrected chi connectivity index (χ0v) is 8.38. The van der Waals surface area contributed by atoms with Crippen molar-refractivity contribution in [3.63, 3.8) is 0 Å². The molecule has 2 N–H and O–H groups in total. The van der Waals surface area contributed by atoms with Gasteiger partial charge < -0.3 is 5.01 Å². The first-order chi connectivity index (χ1) is 5.49. The van der Waals surface area contributed by atoms with Gasteiger partial charge in [0.15, 0.2) is 0 Å². The Hall–Kier alpha value is -0.760. The van der Waals surface area contributed by atoms with E-state index in [9.17, 15) is 0 Å². The largest absolute Gasteiger partial charge is 0.313 e. The van der Waals surface area contributed by atoms with Crippen molar-refractivity contribution in [1.82, 2.24) is 5.01 Å². The van der Waals surface area contributed by atoms with E-state index < -0.39 is 0 Å². The van der Waals surface area contributed by atoms with Gasteiger partial charge in [0.05, 0.1) is 0 Å². The molecule has 0 spiro atoms. The van der Waals surface area contributed by atoms with Crippen LogP contribution in [0.1, 0.15) is 27.2 Å². The number of rotatable bonds is 5. The smallest absolute Gasteiger partial charge is 0.0392 e. The molecule has 2 heteroatoms. The number of nitrogens with zero attached hydrogens (tertiary/aromatic N) is 1. The Balaban J connectivity index is 3.95. The van der Waals surface area contributed by atoms with Gasteiger partial charge in [0.1, 0.15) is 0 Å². The number of hydrogen-bond acceptors (Lipinski definition) is 2. The van der Waals surface area contributed by atoms with E-state index in [1.54, 1.807) is 5.01 Å².